The number of piperidine rings is 1. The lowest BCUT2D eigenvalue weighted by Crippen LogP contribution is -2.54. The first kappa shape index (κ1) is 12.7. The molecule has 1 aliphatic heterocycles. The fourth-order valence-corrected chi connectivity index (χ4v) is 2.01. The zero-order valence-corrected chi connectivity index (χ0v) is 9.77. The van der Waals surface area contributed by atoms with E-state index in [-0.39, 0.29) is 36.5 Å². The van der Waals surface area contributed by atoms with Crippen molar-refractivity contribution < 1.29 is 19.5 Å². The lowest BCUT2D eigenvalue weighted by molar-refractivity contribution is -0.163. The minimum atomic E-state index is -1.12. The third kappa shape index (κ3) is 2.40. The second-order valence-electron chi connectivity index (χ2n) is 4.70. The Balaban J connectivity index is 2.96. The van der Waals surface area contributed by atoms with Gasteiger partial charge in [-0.15, -0.1) is 0 Å². The average molecular weight is 227 g/mol. The first-order chi connectivity index (χ1) is 7.34. The van der Waals surface area contributed by atoms with E-state index < -0.39 is 12.0 Å². The Hall–Kier alpha value is -1.39. The number of carboxylic acid groups (broad SMARTS) is 1. The summed E-state index contributed by atoms with van der Waals surface area (Å²) in [5.74, 6) is -2.13. The van der Waals surface area contributed by atoms with Crippen molar-refractivity contribution in [3.63, 3.8) is 0 Å². The van der Waals surface area contributed by atoms with Crippen molar-refractivity contribution in [3.05, 3.63) is 0 Å². The van der Waals surface area contributed by atoms with Gasteiger partial charge >= 0.3 is 5.97 Å². The summed E-state index contributed by atoms with van der Waals surface area (Å²) in [5, 5.41) is 9.05. The summed E-state index contributed by atoms with van der Waals surface area (Å²) in [6, 6.07) is -1.03. The van der Waals surface area contributed by atoms with Crippen molar-refractivity contribution in [2.45, 2.75) is 39.7 Å². The molecule has 5 nitrogen and oxygen atoms in total. The zero-order chi connectivity index (χ0) is 12.5. The molecule has 0 aromatic rings. The quantitative estimate of drug-likeness (QED) is 0.726. The van der Waals surface area contributed by atoms with Crippen LogP contribution < -0.4 is 0 Å². The largest absolute Gasteiger partial charge is 0.480 e. The van der Waals surface area contributed by atoms with Crippen LogP contribution in [-0.4, -0.2) is 33.8 Å². The molecule has 1 N–H and O–H groups in total. The normalized spacial score (nSPS) is 20.4. The summed E-state index contributed by atoms with van der Waals surface area (Å²) >= 11 is 0. The highest BCUT2D eigenvalue weighted by Gasteiger charge is 2.40. The van der Waals surface area contributed by atoms with Crippen LogP contribution in [0.25, 0.3) is 0 Å². The molecular weight excluding hydrogens is 210 g/mol. The maximum atomic E-state index is 11.7. The van der Waals surface area contributed by atoms with E-state index in [9.17, 15) is 14.4 Å². The van der Waals surface area contributed by atoms with Crippen LogP contribution in [0, 0.1) is 11.8 Å². The molecule has 0 aliphatic carbocycles. The molecule has 2 amide bonds. The van der Waals surface area contributed by atoms with Crippen LogP contribution in [0.2, 0.25) is 0 Å². The van der Waals surface area contributed by atoms with Gasteiger partial charge < -0.3 is 5.11 Å². The van der Waals surface area contributed by atoms with Gasteiger partial charge in [0.25, 0.3) is 0 Å². The standard InChI is InChI=1S/C11H17NO4/c1-6(2)10(11(15)16)12-8(13)4-7(3)5-9(12)14/h6-7,10H,4-5H2,1-3H3,(H,15,16). The molecule has 0 saturated carbocycles. The van der Waals surface area contributed by atoms with E-state index in [1.807, 2.05) is 6.92 Å². The Labute approximate surface area is 94.4 Å². The summed E-state index contributed by atoms with van der Waals surface area (Å²) in [6.45, 7) is 5.20. The van der Waals surface area contributed by atoms with Crippen LogP contribution in [0.3, 0.4) is 0 Å². The molecule has 0 aromatic carbocycles. The number of nitrogens with zero attached hydrogens (tertiary/aromatic N) is 1. The van der Waals surface area contributed by atoms with Gasteiger partial charge in [0.1, 0.15) is 6.04 Å². The van der Waals surface area contributed by atoms with Gasteiger partial charge in [0, 0.05) is 12.8 Å². The topological polar surface area (TPSA) is 74.7 Å². The summed E-state index contributed by atoms with van der Waals surface area (Å²) in [6.07, 6.45) is 0.504. The number of likely N-dealkylation sites (tertiary alicyclic amines) is 1. The summed E-state index contributed by atoms with van der Waals surface area (Å²) in [5.41, 5.74) is 0. The van der Waals surface area contributed by atoms with Gasteiger partial charge in [-0.3, -0.25) is 14.5 Å². The predicted molar refractivity (Wildman–Crippen MR) is 56.5 cm³/mol. The van der Waals surface area contributed by atoms with Gasteiger partial charge in [0.05, 0.1) is 0 Å². The van der Waals surface area contributed by atoms with Crippen LogP contribution in [0.15, 0.2) is 0 Å². The molecule has 16 heavy (non-hydrogen) atoms. The highest BCUT2D eigenvalue weighted by Crippen LogP contribution is 2.23. The van der Waals surface area contributed by atoms with Crippen molar-refractivity contribution in [1.82, 2.24) is 4.90 Å². The monoisotopic (exact) mass is 227 g/mol. The Morgan fingerprint density at radius 1 is 1.31 bits per heavy atom. The molecule has 1 fully saturated rings. The second-order valence-corrected chi connectivity index (χ2v) is 4.70. The molecular formula is C11H17NO4. The van der Waals surface area contributed by atoms with Crippen LogP contribution in [0.5, 0.6) is 0 Å². The minimum absolute atomic E-state index is 0.0119. The smallest absolute Gasteiger partial charge is 0.327 e. The van der Waals surface area contributed by atoms with Crippen molar-refractivity contribution >= 4 is 17.8 Å². The second kappa shape index (κ2) is 4.63. The van der Waals surface area contributed by atoms with Gasteiger partial charge in [-0.2, -0.15) is 0 Å². The molecule has 1 unspecified atom stereocenters. The van der Waals surface area contributed by atoms with Gasteiger partial charge in [0.2, 0.25) is 11.8 Å². The Kier molecular flexibility index (Phi) is 3.67. The number of carbonyl (C=O) groups is 3. The Morgan fingerprint density at radius 2 is 1.75 bits per heavy atom. The number of rotatable bonds is 3. The molecule has 0 radical (unpaired) electrons. The minimum Gasteiger partial charge on any atom is -0.480 e. The number of carbonyl (C=O) groups excluding carboxylic acids is 2. The van der Waals surface area contributed by atoms with Gasteiger partial charge in [0.15, 0.2) is 0 Å². The van der Waals surface area contributed by atoms with E-state index in [1.165, 1.54) is 0 Å². The van der Waals surface area contributed by atoms with Gasteiger partial charge in [-0.25, -0.2) is 4.79 Å². The summed E-state index contributed by atoms with van der Waals surface area (Å²) in [7, 11) is 0. The van der Waals surface area contributed by atoms with E-state index in [2.05, 4.69) is 0 Å². The molecule has 1 atom stereocenters. The summed E-state index contributed by atoms with van der Waals surface area (Å²) < 4.78 is 0. The molecule has 1 aliphatic rings. The summed E-state index contributed by atoms with van der Waals surface area (Å²) in [4.78, 5) is 35.4. The van der Waals surface area contributed by atoms with E-state index in [0.717, 1.165) is 4.90 Å². The predicted octanol–water partition coefficient (Wildman–Crippen LogP) is 0.881. The molecule has 0 bridgehead atoms. The molecule has 1 heterocycles. The fourth-order valence-electron chi connectivity index (χ4n) is 2.01. The zero-order valence-electron chi connectivity index (χ0n) is 9.77. The number of carboxylic acids is 1. The van der Waals surface area contributed by atoms with Gasteiger partial charge in [-0.1, -0.05) is 20.8 Å². The van der Waals surface area contributed by atoms with Crippen LogP contribution in [0.4, 0.5) is 0 Å². The lowest BCUT2D eigenvalue weighted by Gasteiger charge is -2.34. The third-order valence-electron chi connectivity index (χ3n) is 2.75. The molecule has 0 spiro atoms. The van der Waals surface area contributed by atoms with Crippen molar-refractivity contribution in [1.29, 1.82) is 0 Å². The van der Waals surface area contributed by atoms with Crippen LogP contribution in [0.1, 0.15) is 33.6 Å². The fraction of sp³-hybridized carbons (Fsp3) is 0.727. The number of hydrogen-bond acceptors (Lipinski definition) is 3. The highest BCUT2D eigenvalue weighted by molar-refractivity contribution is 6.01. The van der Waals surface area contributed by atoms with E-state index >= 15 is 0 Å². The van der Waals surface area contributed by atoms with Crippen molar-refractivity contribution in [3.8, 4) is 0 Å². The maximum absolute atomic E-state index is 11.7. The molecule has 90 valence electrons. The average Bonchev–Trinajstić information content (AvgIpc) is 2.09. The highest BCUT2D eigenvalue weighted by atomic mass is 16.4. The third-order valence-corrected chi connectivity index (χ3v) is 2.75. The van der Waals surface area contributed by atoms with Gasteiger partial charge in [-0.05, 0) is 11.8 Å². The van der Waals surface area contributed by atoms with Crippen LogP contribution >= 0.6 is 0 Å². The maximum Gasteiger partial charge on any atom is 0.327 e. The Bertz CT molecular complexity index is 306. The molecule has 1 saturated heterocycles. The number of aliphatic carboxylic acids is 1. The molecule has 5 heteroatoms. The first-order valence-corrected chi connectivity index (χ1v) is 5.42. The van der Waals surface area contributed by atoms with Crippen LogP contribution in [-0.2, 0) is 14.4 Å². The molecule has 1 rings (SSSR count). The number of imide groups is 1. The lowest BCUT2D eigenvalue weighted by atomic mass is 9.93. The number of amides is 2. The van der Waals surface area contributed by atoms with E-state index in [4.69, 9.17) is 5.11 Å². The first-order valence-electron chi connectivity index (χ1n) is 5.42. The van der Waals surface area contributed by atoms with Crippen molar-refractivity contribution in [2.24, 2.45) is 11.8 Å². The van der Waals surface area contributed by atoms with E-state index in [0.29, 0.717) is 0 Å². The van der Waals surface area contributed by atoms with Crippen molar-refractivity contribution in [2.75, 3.05) is 0 Å². The molecule has 0 aromatic heterocycles. The Morgan fingerprint density at radius 3 is 2.06 bits per heavy atom. The number of hydrogen-bond donors (Lipinski definition) is 1. The SMILES string of the molecule is CC1CC(=O)N(C(C(=O)O)C(C)C)C(=O)C1. The van der Waals surface area contributed by atoms with E-state index in [1.54, 1.807) is 13.8 Å².